The summed E-state index contributed by atoms with van der Waals surface area (Å²) in [4.78, 5) is 13.2. The van der Waals surface area contributed by atoms with Gasteiger partial charge in [0.1, 0.15) is 0 Å². The summed E-state index contributed by atoms with van der Waals surface area (Å²) in [6.45, 7) is 5.32. The van der Waals surface area contributed by atoms with Crippen LogP contribution in [0.4, 0.5) is 0 Å². The molecule has 0 bridgehead atoms. The van der Waals surface area contributed by atoms with Crippen LogP contribution >= 0.6 is 0 Å². The molecule has 0 radical (unpaired) electrons. The molecule has 5 heteroatoms. The Balaban J connectivity index is 3.64. The van der Waals surface area contributed by atoms with Crippen molar-refractivity contribution in [3.05, 3.63) is 0 Å². The molecule has 0 aromatic carbocycles. The predicted molar refractivity (Wildman–Crippen MR) is 67.9 cm³/mol. The minimum absolute atomic E-state index is 0.146. The summed E-state index contributed by atoms with van der Waals surface area (Å²) in [5.74, 6) is -0.265. The molecule has 5 nitrogen and oxygen atoms in total. The van der Waals surface area contributed by atoms with E-state index in [1.54, 1.807) is 6.92 Å². The monoisotopic (exact) mass is 246 g/mol. The fourth-order valence-electron chi connectivity index (χ4n) is 1.55. The van der Waals surface area contributed by atoms with Crippen molar-refractivity contribution in [2.75, 3.05) is 40.3 Å². The number of nitrogens with zero attached hydrogens (tertiary/aromatic N) is 1. The van der Waals surface area contributed by atoms with Gasteiger partial charge in [-0.15, -0.1) is 0 Å². The highest BCUT2D eigenvalue weighted by atomic mass is 16.5. The Morgan fingerprint density at radius 3 is 2.65 bits per heavy atom. The maximum atomic E-state index is 11.2. The van der Waals surface area contributed by atoms with Crippen molar-refractivity contribution in [3.63, 3.8) is 0 Å². The summed E-state index contributed by atoms with van der Waals surface area (Å²) < 4.78 is 4.98. The quantitative estimate of drug-likeness (QED) is 0.450. The number of likely N-dealkylation sites (N-methyl/N-ethyl adjacent to an activating group) is 1. The fourth-order valence-corrected chi connectivity index (χ4v) is 1.55. The van der Waals surface area contributed by atoms with Gasteiger partial charge in [0.05, 0.1) is 18.8 Å². The third-order valence-electron chi connectivity index (χ3n) is 2.19. The molecule has 0 spiro atoms. The summed E-state index contributed by atoms with van der Waals surface area (Å²) in [5, 5.41) is 12.9. The van der Waals surface area contributed by atoms with Crippen LogP contribution in [0.5, 0.6) is 0 Å². The second-order valence-electron chi connectivity index (χ2n) is 4.91. The van der Waals surface area contributed by atoms with Crippen LogP contribution < -0.4 is 5.32 Å². The van der Waals surface area contributed by atoms with Crippen molar-refractivity contribution in [2.24, 2.45) is 0 Å². The highest BCUT2D eigenvalue weighted by Crippen LogP contribution is 2.02. The number of unbranched alkanes of at least 4 members (excludes halogenated alkanes) is 1. The summed E-state index contributed by atoms with van der Waals surface area (Å²) in [6.07, 6.45) is 1.91. The first-order valence-corrected chi connectivity index (χ1v) is 6.11. The summed E-state index contributed by atoms with van der Waals surface area (Å²) in [7, 11) is 3.79. The second kappa shape index (κ2) is 8.44. The zero-order valence-corrected chi connectivity index (χ0v) is 11.5. The van der Waals surface area contributed by atoms with Gasteiger partial charge in [-0.3, -0.25) is 4.79 Å². The molecule has 2 N–H and O–H groups in total. The standard InChI is InChI=1S/C12H26N2O3/c1-5-6-7-17-11(15)8-13-9-12(2,16)10-14(3)4/h13,16H,5-10H2,1-4H3. The van der Waals surface area contributed by atoms with Gasteiger partial charge in [0.15, 0.2) is 0 Å². The molecule has 0 aliphatic rings. The van der Waals surface area contributed by atoms with Crippen LogP contribution in [-0.2, 0) is 9.53 Å². The van der Waals surface area contributed by atoms with E-state index in [9.17, 15) is 9.90 Å². The molecule has 102 valence electrons. The first kappa shape index (κ1) is 16.4. The van der Waals surface area contributed by atoms with Gasteiger partial charge >= 0.3 is 5.97 Å². The maximum absolute atomic E-state index is 11.2. The average molecular weight is 246 g/mol. The van der Waals surface area contributed by atoms with Gasteiger partial charge in [-0.25, -0.2) is 0 Å². The molecular weight excluding hydrogens is 220 g/mol. The van der Waals surface area contributed by atoms with Gasteiger partial charge in [0.25, 0.3) is 0 Å². The van der Waals surface area contributed by atoms with E-state index in [-0.39, 0.29) is 12.5 Å². The molecule has 0 saturated carbocycles. The van der Waals surface area contributed by atoms with Crippen LogP contribution in [0, 0.1) is 0 Å². The third kappa shape index (κ3) is 10.2. The SMILES string of the molecule is CCCCOC(=O)CNCC(C)(O)CN(C)C. The first-order chi connectivity index (χ1) is 7.87. The number of rotatable bonds is 9. The van der Waals surface area contributed by atoms with E-state index in [1.165, 1.54) is 0 Å². The smallest absolute Gasteiger partial charge is 0.319 e. The van der Waals surface area contributed by atoms with Crippen LogP contribution in [0.1, 0.15) is 26.7 Å². The predicted octanol–water partition coefficient (Wildman–Crippen LogP) is 0.232. The van der Waals surface area contributed by atoms with Crippen molar-refractivity contribution in [2.45, 2.75) is 32.3 Å². The van der Waals surface area contributed by atoms with Gasteiger partial charge < -0.3 is 20.1 Å². The molecule has 0 fully saturated rings. The van der Waals surface area contributed by atoms with Crippen LogP contribution in [-0.4, -0.2) is 61.9 Å². The lowest BCUT2D eigenvalue weighted by molar-refractivity contribution is -0.142. The van der Waals surface area contributed by atoms with E-state index < -0.39 is 5.60 Å². The van der Waals surface area contributed by atoms with E-state index in [1.807, 2.05) is 25.9 Å². The van der Waals surface area contributed by atoms with E-state index in [4.69, 9.17) is 4.74 Å². The summed E-state index contributed by atoms with van der Waals surface area (Å²) in [5.41, 5.74) is -0.840. The summed E-state index contributed by atoms with van der Waals surface area (Å²) >= 11 is 0. The fraction of sp³-hybridized carbons (Fsp3) is 0.917. The van der Waals surface area contributed by atoms with E-state index in [0.717, 1.165) is 12.8 Å². The van der Waals surface area contributed by atoms with E-state index >= 15 is 0 Å². The van der Waals surface area contributed by atoms with Gasteiger partial charge in [0, 0.05) is 13.1 Å². The Kier molecular flexibility index (Phi) is 8.12. The largest absolute Gasteiger partial charge is 0.465 e. The zero-order valence-electron chi connectivity index (χ0n) is 11.5. The van der Waals surface area contributed by atoms with Crippen LogP contribution in [0.15, 0.2) is 0 Å². The third-order valence-corrected chi connectivity index (χ3v) is 2.19. The van der Waals surface area contributed by atoms with Crippen molar-refractivity contribution < 1.29 is 14.6 Å². The average Bonchev–Trinajstić information content (AvgIpc) is 2.15. The Bertz CT molecular complexity index is 218. The maximum Gasteiger partial charge on any atom is 0.319 e. The number of ether oxygens (including phenoxy) is 1. The van der Waals surface area contributed by atoms with Crippen molar-refractivity contribution in [1.82, 2.24) is 10.2 Å². The molecule has 17 heavy (non-hydrogen) atoms. The first-order valence-electron chi connectivity index (χ1n) is 6.11. The van der Waals surface area contributed by atoms with Crippen LogP contribution in [0.3, 0.4) is 0 Å². The Morgan fingerprint density at radius 1 is 1.47 bits per heavy atom. The van der Waals surface area contributed by atoms with E-state index in [0.29, 0.717) is 19.7 Å². The van der Waals surface area contributed by atoms with Crippen molar-refractivity contribution in [3.8, 4) is 0 Å². The zero-order chi connectivity index (χ0) is 13.3. The normalized spacial score (nSPS) is 14.7. The molecule has 0 saturated heterocycles. The molecule has 0 aliphatic carbocycles. The molecule has 0 aromatic heterocycles. The minimum atomic E-state index is -0.840. The lowest BCUT2D eigenvalue weighted by Gasteiger charge is -2.26. The summed E-state index contributed by atoms with van der Waals surface area (Å²) in [6, 6.07) is 0. The number of aliphatic hydroxyl groups is 1. The minimum Gasteiger partial charge on any atom is -0.465 e. The topological polar surface area (TPSA) is 61.8 Å². The molecule has 1 unspecified atom stereocenters. The Labute approximate surface area is 104 Å². The molecule has 0 aliphatic heterocycles. The number of hydrogen-bond donors (Lipinski definition) is 2. The molecule has 0 amide bonds. The van der Waals surface area contributed by atoms with Gasteiger partial charge in [-0.1, -0.05) is 13.3 Å². The number of esters is 1. The van der Waals surface area contributed by atoms with Gasteiger partial charge in [-0.05, 0) is 27.4 Å². The molecule has 0 heterocycles. The number of carbonyl (C=O) groups excluding carboxylic acids is 1. The molecule has 0 aromatic rings. The number of nitrogens with one attached hydrogen (secondary N) is 1. The van der Waals surface area contributed by atoms with Crippen LogP contribution in [0.25, 0.3) is 0 Å². The van der Waals surface area contributed by atoms with Crippen molar-refractivity contribution in [1.29, 1.82) is 0 Å². The Morgan fingerprint density at radius 2 is 2.12 bits per heavy atom. The highest BCUT2D eigenvalue weighted by Gasteiger charge is 2.21. The molecular formula is C12H26N2O3. The lowest BCUT2D eigenvalue weighted by atomic mass is 10.1. The Hall–Kier alpha value is -0.650. The lowest BCUT2D eigenvalue weighted by Crippen LogP contribution is -2.46. The molecule has 1 atom stereocenters. The van der Waals surface area contributed by atoms with Gasteiger partial charge in [0.2, 0.25) is 0 Å². The van der Waals surface area contributed by atoms with Crippen molar-refractivity contribution >= 4 is 5.97 Å². The number of carbonyl (C=O) groups is 1. The van der Waals surface area contributed by atoms with Gasteiger partial charge in [-0.2, -0.15) is 0 Å². The second-order valence-corrected chi connectivity index (χ2v) is 4.91. The number of hydrogen-bond acceptors (Lipinski definition) is 5. The van der Waals surface area contributed by atoms with Crippen LogP contribution in [0.2, 0.25) is 0 Å². The van der Waals surface area contributed by atoms with E-state index in [2.05, 4.69) is 5.32 Å². The highest BCUT2D eigenvalue weighted by molar-refractivity contribution is 5.71. The molecule has 0 rings (SSSR count).